The number of nitrogens with one attached hydrogen (secondary N) is 1. The average molecular weight is 334 g/mol. The number of carbonyl (C=O) groups excluding carboxylic acids is 1. The predicted octanol–water partition coefficient (Wildman–Crippen LogP) is 4.73. The first-order chi connectivity index (χ1) is 10.9. The van der Waals surface area contributed by atoms with E-state index in [1.807, 2.05) is 39.0 Å². The predicted molar refractivity (Wildman–Crippen MR) is 95.7 cm³/mol. The number of halogens is 1. The highest BCUT2D eigenvalue weighted by molar-refractivity contribution is 6.31. The molecule has 0 amide bonds. The second kappa shape index (κ2) is 7.18. The van der Waals surface area contributed by atoms with Gasteiger partial charge in [-0.25, -0.2) is 4.68 Å². The lowest BCUT2D eigenvalue weighted by Crippen LogP contribution is -2.23. The Labute approximate surface area is 142 Å². The van der Waals surface area contributed by atoms with Crippen LogP contribution < -0.4 is 5.32 Å². The van der Waals surface area contributed by atoms with Crippen LogP contribution >= 0.6 is 11.6 Å². The molecule has 1 N–H and O–H groups in total. The Morgan fingerprint density at radius 2 is 2.04 bits per heavy atom. The lowest BCUT2D eigenvalue weighted by atomic mass is 9.97. The van der Waals surface area contributed by atoms with Gasteiger partial charge in [0.05, 0.1) is 12.2 Å². The van der Waals surface area contributed by atoms with Crippen molar-refractivity contribution in [1.29, 1.82) is 0 Å². The fourth-order valence-corrected chi connectivity index (χ4v) is 3.03. The summed E-state index contributed by atoms with van der Waals surface area (Å²) in [4.78, 5) is 12.5. The zero-order chi connectivity index (χ0) is 17.1. The van der Waals surface area contributed by atoms with Gasteiger partial charge in [-0.3, -0.25) is 4.79 Å². The molecule has 2 rings (SSSR count). The smallest absolute Gasteiger partial charge is 0.266 e. The van der Waals surface area contributed by atoms with Crippen LogP contribution in [0, 0.1) is 20.8 Å². The molecule has 0 saturated carbocycles. The van der Waals surface area contributed by atoms with Crippen LogP contribution in [0.2, 0.25) is 5.02 Å². The van der Waals surface area contributed by atoms with Gasteiger partial charge in [0.2, 0.25) is 0 Å². The lowest BCUT2D eigenvalue weighted by Gasteiger charge is -2.11. The van der Waals surface area contributed by atoms with Crippen LogP contribution in [0.25, 0.3) is 0 Å². The maximum absolute atomic E-state index is 12.5. The molecule has 0 saturated heterocycles. The zero-order valence-corrected chi connectivity index (χ0v) is 15.2. The Morgan fingerprint density at radius 3 is 2.70 bits per heavy atom. The Hall–Kier alpha value is -1.81. The van der Waals surface area contributed by atoms with Crippen LogP contribution in [0.4, 0.5) is 5.69 Å². The minimum Gasteiger partial charge on any atom is -0.376 e. The van der Waals surface area contributed by atoms with Crippen LogP contribution in [-0.2, 0) is 0 Å². The summed E-state index contributed by atoms with van der Waals surface area (Å²) >= 11 is 6.10. The minimum absolute atomic E-state index is 0.0699. The molecule has 23 heavy (non-hydrogen) atoms. The second-order valence-electron chi connectivity index (χ2n) is 5.97. The maximum atomic E-state index is 12.5. The quantitative estimate of drug-likeness (QED) is 0.860. The van der Waals surface area contributed by atoms with E-state index in [0.29, 0.717) is 10.9 Å². The third-order valence-corrected chi connectivity index (χ3v) is 4.80. The number of aryl methyl sites for hydroxylation is 1. The van der Waals surface area contributed by atoms with E-state index in [1.165, 1.54) is 10.2 Å². The van der Waals surface area contributed by atoms with Gasteiger partial charge in [0.15, 0.2) is 0 Å². The van der Waals surface area contributed by atoms with Gasteiger partial charge in [-0.05, 0) is 56.4 Å². The maximum Gasteiger partial charge on any atom is 0.266 e. The standard InChI is InChI=1S/C18H24ClN3O/c1-6-11(2)18-13(4)21-22(14(18)5)17(23)10-20-16-9-7-8-15(19)12(16)3/h7-9,11,20H,6,10H2,1-5H3. The number of hydrogen-bond acceptors (Lipinski definition) is 3. The van der Waals surface area contributed by atoms with E-state index >= 15 is 0 Å². The van der Waals surface area contributed by atoms with Crippen molar-refractivity contribution in [2.24, 2.45) is 0 Å². The second-order valence-corrected chi connectivity index (χ2v) is 6.37. The third kappa shape index (κ3) is 3.58. The molecule has 0 aliphatic carbocycles. The summed E-state index contributed by atoms with van der Waals surface area (Å²) in [6.07, 6.45) is 1.03. The van der Waals surface area contributed by atoms with Crippen molar-refractivity contribution in [2.75, 3.05) is 11.9 Å². The number of anilines is 1. The molecular formula is C18H24ClN3O. The minimum atomic E-state index is -0.0699. The molecule has 4 nitrogen and oxygen atoms in total. The number of hydrogen-bond donors (Lipinski definition) is 1. The Balaban J connectivity index is 2.17. The molecule has 0 aliphatic heterocycles. The van der Waals surface area contributed by atoms with E-state index in [9.17, 15) is 4.79 Å². The molecule has 1 unspecified atom stereocenters. The summed E-state index contributed by atoms with van der Waals surface area (Å²) in [5.41, 5.74) is 4.86. The summed E-state index contributed by atoms with van der Waals surface area (Å²) in [7, 11) is 0. The van der Waals surface area contributed by atoms with Crippen molar-refractivity contribution in [1.82, 2.24) is 9.78 Å². The molecule has 124 valence electrons. The van der Waals surface area contributed by atoms with E-state index in [1.54, 1.807) is 0 Å². The highest BCUT2D eigenvalue weighted by Gasteiger charge is 2.19. The first kappa shape index (κ1) is 17.5. The normalized spacial score (nSPS) is 12.3. The number of aromatic nitrogens is 2. The molecule has 0 fully saturated rings. The van der Waals surface area contributed by atoms with E-state index in [4.69, 9.17) is 11.6 Å². The molecule has 1 heterocycles. The Bertz CT molecular complexity index is 721. The number of rotatable bonds is 5. The molecule has 0 spiro atoms. The Kier molecular flexibility index (Phi) is 5.47. The fraction of sp³-hybridized carbons (Fsp3) is 0.444. The summed E-state index contributed by atoms with van der Waals surface area (Å²) in [5, 5.41) is 8.28. The molecule has 5 heteroatoms. The van der Waals surface area contributed by atoms with Crippen molar-refractivity contribution < 1.29 is 4.79 Å². The van der Waals surface area contributed by atoms with Crippen molar-refractivity contribution in [3.63, 3.8) is 0 Å². The van der Waals surface area contributed by atoms with Crippen molar-refractivity contribution >= 4 is 23.2 Å². The highest BCUT2D eigenvalue weighted by atomic mass is 35.5. The van der Waals surface area contributed by atoms with Crippen molar-refractivity contribution in [3.8, 4) is 0 Å². The lowest BCUT2D eigenvalue weighted by molar-refractivity contribution is 0.0910. The van der Waals surface area contributed by atoms with E-state index in [0.717, 1.165) is 29.1 Å². The summed E-state index contributed by atoms with van der Waals surface area (Å²) in [6, 6.07) is 5.62. The molecular weight excluding hydrogens is 310 g/mol. The van der Waals surface area contributed by atoms with Gasteiger partial charge < -0.3 is 5.32 Å². The average Bonchev–Trinajstić information content (AvgIpc) is 2.82. The van der Waals surface area contributed by atoms with Gasteiger partial charge >= 0.3 is 0 Å². The van der Waals surface area contributed by atoms with E-state index in [-0.39, 0.29) is 12.5 Å². The van der Waals surface area contributed by atoms with Crippen molar-refractivity contribution in [3.05, 3.63) is 45.7 Å². The van der Waals surface area contributed by atoms with Gasteiger partial charge in [-0.1, -0.05) is 31.5 Å². The summed E-state index contributed by atoms with van der Waals surface area (Å²) < 4.78 is 1.52. The summed E-state index contributed by atoms with van der Waals surface area (Å²) in [6.45, 7) is 10.4. The molecule has 0 aliphatic rings. The van der Waals surface area contributed by atoms with E-state index < -0.39 is 0 Å². The monoisotopic (exact) mass is 333 g/mol. The van der Waals surface area contributed by atoms with Crippen molar-refractivity contribution in [2.45, 2.75) is 47.0 Å². The number of benzene rings is 1. The van der Waals surface area contributed by atoms with Gasteiger partial charge in [-0.2, -0.15) is 5.10 Å². The first-order valence-electron chi connectivity index (χ1n) is 7.95. The van der Waals surface area contributed by atoms with Gasteiger partial charge in [-0.15, -0.1) is 0 Å². The zero-order valence-electron chi connectivity index (χ0n) is 14.4. The SMILES string of the molecule is CCC(C)c1c(C)nn(C(=O)CNc2cccc(Cl)c2C)c1C. The summed E-state index contributed by atoms with van der Waals surface area (Å²) in [5.74, 6) is 0.333. The first-order valence-corrected chi connectivity index (χ1v) is 8.32. The van der Waals surface area contributed by atoms with Gasteiger partial charge in [0, 0.05) is 16.4 Å². The van der Waals surface area contributed by atoms with Crippen LogP contribution in [0.3, 0.4) is 0 Å². The highest BCUT2D eigenvalue weighted by Crippen LogP contribution is 2.26. The van der Waals surface area contributed by atoms with Crippen LogP contribution in [0.5, 0.6) is 0 Å². The molecule has 0 radical (unpaired) electrons. The van der Waals surface area contributed by atoms with E-state index in [2.05, 4.69) is 24.3 Å². The third-order valence-electron chi connectivity index (χ3n) is 4.39. The molecule has 1 aromatic carbocycles. The topological polar surface area (TPSA) is 46.9 Å². The molecule has 1 aromatic heterocycles. The Morgan fingerprint density at radius 1 is 1.35 bits per heavy atom. The van der Waals surface area contributed by atoms with Gasteiger partial charge in [0.25, 0.3) is 5.91 Å². The van der Waals surface area contributed by atoms with Crippen LogP contribution in [-0.4, -0.2) is 22.2 Å². The fourth-order valence-electron chi connectivity index (χ4n) is 2.86. The van der Waals surface area contributed by atoms with Crippen LogP contribution in [0.1, 0.15) is 53.5 Å². The molecule has 1 atom stereocenters. The van der Waals surface area contributed by atoms with Crippen LogP contribution in [0.15, 0.2) is 18.2 Å². The van der Waals surface area contributed by atoms with Gasteiger partial charge in [0.1, 0.15) is 0 Å². The number of nitrogens with zero attached hydrogens (tertiary/aromatic N) is 2. The number of carbonyl (C=O) groups is 1. The largest absolute Gasteiger partial charge is 0.376 e. The molecule has 0 bridgehead atoms. The molecule has 2 aromatic rings.